The Bertz CT molecular complexity index is 982. The summed E-state index contributed by atoms with van der Waals surface area (Å²) in [6.07, 6.45) is 3.53. The second kappa shape index (κ2) is 8.95. The Morgan fingerprint density at radius 1 is 1.10 bits per heavy atom. The molecule has 1 heterocycles. The van der Waals surface area contributed by atoms with Crippen LogP contribution in [0.1, 0.15) is 46.1 Å². The first-order valence-corrected chi connectivity index (χ1v) is 9.86. The largest absolute Gasteiger partial charge is 0.465 e. The summed E-state index contributed by atoms with van der Waals surface area (Å²) >= 11 is 1.29. The van der Waals surface area contributed by atoms with Gasteiger partial charge < -0.3 is 10.1 Å². The summed E-state index contributed by atoms with van der Waals surface area (Å²) in [6.45, 7) is 1.62. The molecule has 2 N–H and O–H groups in total. The number of anilines is 1. The van der Waals surface area contributed by atoms with E-state index in [0.717, 1.165) is 36.1 Å². The molecule has 1 aromatic heterocycles. The van der Waals surface area contributed by atoms with Crippen LogP contribution in [0.25, 0.3) is 0 Å². The number of methoxy groups -OCH3 is 1. The summed E-state index contributed by atoms with van der Waals surface area (Å²) in [7, 11) is 1.28. The van der Waals surface area contributed by atoms with Crippen molar-refractivity contribution in [2.75, 3.05) is 12.4 Å². The van der Waals surface area contributed by atoms with E-state index < -0.39 is 17.8 Å². The molecule has 1 aliphatic carbocycles. The van der Waals surface area contributed by atoms with Crippen LogP contribution in [0.3, 0.4) is 0 Å². The molecule has 3 rings (SSSR count). The number of amides is 2. The van der Waals surface area contributed by atoms with E-state index in [9.17, 15) is 18.8 Å². The standard InChI is InChI=1S/C20H20FN3O4S/c1-11(12-7-9-13(21)10-8-12)23-24-18(26)17(25)22-19-16(20(27)28-2)14-5-3-4-6-15(14)29-19/h7-10H,3-6H2,1-2H3,(H,22,25)(H,24,26)/b23-11+. The number of aryl methyl sites for hydroxylation is 1. The van der Waals surface area contributed by atoms with Crippen LogP contribution in [0.15, 0.2) is 29.4 Å². The van der Waals surface area contributed by atoms with Crippen molar-refractivity contribution in [2.45, 2.75) is 32.6 Å². The molecule has 0 atom stereocenters. The monoisotopic (exact) mass is 417 g/mol. The number of rotatable bonds is 4. The molecule has 29 heavy (non-hydrogen) atoms. The first-order chi connectivity index (χ1) is 13.9. The molecule has 0 fully saturated rings. The molecule has 1 aromatic carbocycles. The van der Waals surface area contributed by atoms with Gasteiger partial charge >= 0.3 is 17.8 Å². The number of hydrogen-bond acceptors (Lipinski definition) is 6. The highest BCUT2D eigenvalue weighted by Gasteiger charge is 2.28. The van der Waals surface area contributed by atoms with E-state index in [0.29, 0.717) is 21.8 Å². The van der Waals surface area contributed by atoms with Gasteiger partial charge in [-0.3, -0.25) is 9.59 Å². The Labute approximate surface area is 171 Å². The normalized spacial score (nSPS) is 13.4. The smallest absolute Gasteiger partial charge is 0.341 e. The first kappa shape index (κ1) is 20.7. The number of nitrogens with zero attached hydrogens (tertiary/aromatic N) is 1. The van der Waals surface area contributed by atoms with Crippen molar-refractivity contribution < 1.29 is 23.5 Å². The van der Waals surface area contributed by atoms with Gasteiger partial charge in [-0.25, -0.2) is 14.6 Å². The number of halogens is 1. The summed E-state index contributed by atoms with van der Waals surface area (Å²) in [4.78, 5) is 37.6. The van der Waals surface area contributed by atoms with Crippen molar-refractivity contribution in [1.29, 1.82) is 0 Å². The molecule has 152 valence electrons. The minimum Gasteiger partial charge on any atom is -0.465 e. The van der Waals surface area contributed by atoms with Crippen LogP contribution < -0.4 is 10.7 Å². The Hall–Kier alpha value is -3.07. The molecular formula is C20H20FN3O4S. The number of hydrazone groups is 1. The molecule has 0 unspecified atom stereocenters. The van der Waals surface area contributed by atoms with Crippen LogP contribution in [0, 0.1) is 5.82 Å². The van der Waals surface area contributed by atoms with E-state index >= 15 is 0 Å². The summed E-state index contributed by atoms with van der Waals surface area (Å²) < 4.78 is 17.8. The molecular weight excluding hydrogens is 397 g/mol. The number of carbonyl (C=O) groups excluding carboxylic acids is 3. The second-order valence-electron chi connectivity index (χ2n) is 6.51. The van der Waals surface area contributed by atoms with Crippen LogP contribution >= 0.6 is 11.3 Å². The molecule has 0 saturated heterocycles. The van der Waals surface area contributed by atoms with E-state index in [1.54, 1.807) is 6.92 Å². The van der Waals surface area contributed by atoms with Gasteiger partial charge in [-0.05, 0) is 55.9 Å². The third-order valence-corrected chi connectivity index (χ3v) is 5.79. The number of benzene rings is 1. The van der Waals surface area contributed by atoms with Crippen molar-refractivity contribution in [3.8, 4) is 0 Å². The molecule has 2 amide bonds. The van der Waals surface area contributed by atoms with Crippen molar-refractivity contribution in [3.05, 3.63) is 51.7 Å². The van der Waals surface area contributed by atoms with Crippen LogP contribution in [0.2, 0.25) is 0 Å². The SMILES string of the molecule is COC(=O)c1c(NC(=O)C(=O)N/N=C(\C)c2ccc(F)cc2)sc2c1CCCC2. The molecule has 9 heteroatoms. The number of esters is 1. The van der Waals surface area contributed by atoms with Gasteiger partial charge in [0.2, 0.25) is 0 Å². The number of ether oxygens (including phenoxy) is 1. The van der Waals surface area contributed by atoms with Crippen molar-refractivity contribution in [3.63, 3.8) is 0 Å². The maximum atomic E-state index is 13.0. The minimum atomic E-state index is -0.978. The summed E-state index contributed by atoms with van der Waals surface area (Å²) in [5.41, 5.74) is 4.39. The zero-order chi connectivity index (χ0) is 21.0. The van der Waals surface area contributed by atoms with Crippen LogP contribution in [0.4, 0.5) is 9.39 Å². The fourth-order valence-electron chi connectivity index (χ4n) is 3.07. The van der Waals surface area contributed by atoms with Crippen LogP contribution in [-0.4, -0.2) is 30.6 Å². The van der Waals surface area contributed by atoms with Crippen LogP contribution in [0.5, 0.6) is 0 Å². The van der Waals surface area contributed by atoms with Gasteiger partial charge in [-0.2, -0.15) is 5.10 Å². The maximum Gasteiger partial charge on any atom is 0.341 e. The number of fused-ring (bicyclic) bond motifs is 1. The number of thiophene rings is 1. The van der Waals surface area contributed by atoms with E-state index in [4.69, 9.17) is 4.74 Å². The van der Waals surface area contributed by atoms with Crippen molar-refractivity contribution in [2.24, 2.45) is 5.10 Å². The quantitative estimate of drug-likeness (QED) is 0.346. The summed E-state index contributed by atoms with van der Waals surface area (Å²) in [6, 6.07) is 5.57. The Kier molecular flexibility index (Phi) is 6.38. The van der Waals surface area contributed by atoms with E-state index in [1.807, 2.05) is 0 Å². The molecule has 0 spiro atoms. The Morgan fingerprint density at radius 2 is 1.79 bits per heavy atom. The van der Waals surface area contributed by atoms with Gasteiger partial charge in [-0.1, -0.05) is 12.1 Å². The Balaban J connectivity index is 1.72. The molecule has 0 bridgehead atoms. The van der Waals surface area contributed by atoms with Gasteiger partial charge in [0.1, 0.15) is 10.8 Å². The molecule has 1 aliphatic rings. The third kappa shape index (κ3) is 4.68. The lowest BCUT2D eigenvalue weighted by Gasteiger charge is -2.11. The summed E-state index contributed by atoms with van der Waals surface area (Å²) in [5, 5.41) is 6.68. The van der Waals surface area contributed by atoms with Gasteiger partial charge in [0.15, 0.2) is 0 Å². The number of carbonyl (C=O) groups is 3. The van der Waals surface area contributed by atoms with Crippen LogP contribution in [-0.2, 0) is 27.2 Å². The average molecular weight is 417 g/mol. The van der Waals surface area contributed by atoms with E-state index in [-0.39, 0.29) is 5.82 Å². The highest BCUT2D eigenvalue weighted by atomic mass is 32.1. The van der Waals surface area contributed by atoms with Gasteiger partial charge in [0, 0.05) is 4.88 Å². The molecule has 2 aromatic rings. The number of hydrogen-bond donors (Lipinski definition) is 2. The highest BCUT2D eigenvalue weighted by molar-refractivity contribution is 7.17. The fourth-order valence-corrected chi connectivity index (χ4v) is 4.35. The molecule has 0 saturated carbocycles. The topological polar surface area (TPSA) is 96.9 Å². The zero-order valence-electron chi connectivity index (χ0n) is 16.0. The summed E-state index contributed by atoms with van der Waals surface area (Å²) in [5.74, 6) is -2.84. The predicted octanol–water partition coefficient (Wildman–Crippen LogP) is 3.03. The molecule has 0 radical (unpaired) electrons. The highest BCUT2D eigenvalue weighted by Crippen LogP contribution is 2.38. The van der Waals surface area contributed by atoms with Gasteiger partial charge in [0.25, 0.3) is 0 Å². The average Bonchev–Trinajstić information content (AvgIpc) is 3.09. The lowest BCUT2D eigenvalue weighted by Crippen LogP contribution is -2.33. The van der Waals surface area contributed by atoms with Crippen molar-refractivity contribution in [1.82, 2.24) is 5.43 Å². The lowest BCUT2D eigenvalue weighted by atomic mass is 9.95. The first-order valence-electron chi connectivity index (χ1n) is 9.05. The number of nitrogens with one attached hydrogen (secondary N) is 2. The fraction of sp³-hybridized carbons (Fsp3) is 0.300. The van der Waals surface area contributed by atoms with E-state index in [2.05, 4.69) is 15.8 Å². The van der Waals surface area contributed by atoms with Gasteiger partial charge in [0.05, 0.1) is 18.4 Å². The van der Waals surface area contributed by atoms with E-state index in [1.165, 1.54) is 42.7 Å². The zero-order valence-corrected chi connectivity index (χ0v) is 16.8. The molecule has 0 aliphatic heterocycles. The third-order valence-electron chi connectivity index (χ3n) is 4.58. The minimum absolute atomic E-state index is 0.308. The van der Waals surface area contributed by atoms with Gasteiger partial charge in [-0.15, -0.1) is 11.3 Å². The second-order valence-corrected chi connectivity index (χ2v) is 7.61. The van der Waals surface area contributed by atoms with Crippen molar-refractivity contribution >= 4 is 39.8 Å². The maximum absolute atomic E-state index is 13.0. The Morgan fingerprint density at radius 3 is 2.48 bits per heavy atom. The predicted molar refractivity (Wildman–Crippen MR) is 108 cm³/mol. The molecule has 7 nitrogen and oxygen atoms in total. The lowest BCUT2D eigenvalue weighted by molar-refractivity contribution is -0.136.